The van der Waals surface area contributed by atoms with Crippen molar-refractivity contribution in [2.75, 3.05) is 6.54 Å². The van der Waals surface area contributed by atoms with Gasteiger partial charge in [-0.1, -0.05) is 24.4 Å². The number of nitrogens with zero attached hydrogens (tertiary/aromatic N) is 4. The molecule has 2 fully saturated rings. The van der Waals surface area contributed by atoms with Gasteiger partial charge in [0.2, 0.25) is 5.91 Å². The normalized spacial score (nSPS) is 26.0. The van der Waals surface area contributed by atoms with Gasteiger partial charge in [0, 0.05) is 30.4 Å². The van der Waals surface area contributed by atoms with Crippen molar-refractivity contribution in [3.8, 4) is 0 Å². The number of nitrogens with one attached hydrogen (secondary N) is 1. The monoisotopic (exact) mass is 319 g/mol. The first-order valence-corrected chi connectivity index (χ1v) is 8.11. The second kappa shape index (κ2) is 5.52. The summed E-state index contributed by atoms with van der Waals surface area (Å²) in [5.41, 5.74) is 1.78. The summed E-state index contributed by atoms with van der Waals surface area (Å²) in [5, 5.41) is 7.91. The molecular formula is C15H18ClN5O. The molecule has 2 aromatic heterocycles. The number of carbonyl (C=O) groups is 1. The van der Waals surface area contributed by atoms with Crippen LogP contribution in [0.15, 0.2) is 18.5 Å². The number of halogens is 1. The highest BCUT2D eigenvalue weighted by Gasteiger charge is 2.36. The summed E-state index contributed by atoms with van der Waals surface area (Å²) in [6.07, 6.45) is 8.27. The van der Waals surface area contributed by atoms with E-state index in [0.717, 1.165) is 24.1 Å². The molecule has 1 aliphatic heterocycles. The highest BCUT2D eigenvalue weighted by atomic mass is 35.5. The molecule has 116 valence electrons. The Morgan fingerprint density at radius 3 is 3.14 bits per heavy atom. The predicted octanol–water partition coefficient (Wildman–Crippen LogP) is 1.63. The summed E-state index contributed by atoms with van der Waals surface area (Å²) in [7, 11) is 0. The minimum Gasteiger partial charge on any atom is -0.351 e. The topological polar surface area (TPSA) is 62.5 Å². The Bertz CT molecular complexity index is 715. The van der Waals surface area contributed by atoms with Gasteiger partial charge < -0.3 is 5.32 Å². The Morgan fingerprint density at radius 1 is 1.36 bits per heavy atom. The van der Waals surface area contributed by atoms with Gasteiger partial charge in [0.05, 0.1) is 12.7 Å². The fourth-order valence-electron chi connectivity index (χ4n) is 3.67. The molecule has 22 heavy (non-hydrogen) atoms. The van der Waals surface area contributed by atoms with Crippen molar-refractivity contribution in [3.63, 3.8) is 0 Å². The van der Waals surface area contributed by atoms with Crippen molar-refractivity contribution in [2.24, 2.45) is 0 Å². The van der Waals surface area contributed by atoms with E-state index in [2.05, 4.69) is 20.3 Å². The first-order valence-electron chi connectivity index (χ1n) is 7.73. The second-order valence-corrected chi connectivity index (χ2v) is 6.51. The van der Waals surface area contributed by atoms with Gasteiger partial charge in [-0.2, -0.15) is 5.10 Å². The lowest BCUT2D eigenvalue weighted by Gasteiger charge is -2.43. The molecule has 2 aromatic rings. The molecule has 1 N–H and O–H groups in total. The SMILES string of the molecule is O=C1CN(Cc2cnn3ccc(Cl)nc23)[C@@H]2CCCC[C@@H]2N1. The van der Waals surface area contributed by atoms with Crippen LogP contribution in [0.3, 0.4) is 0 Å². The van der Waals surface area contributed by atoms with E-state index in [1.165, 1.54) is 12.8 Å². The summed E-state index contributed by atoms with van der Waals surface area (Å²) >= 11 is 5.99. The van der Waals surface area contributed by atoms with Crippen LogP contribution < -0.4 is 5.32 Å². The van der Waals surface area contributed by atoms with Gasteiger partial charge >= 0.3 is 0 Å². The summed E-state index contributed by atoms with van der Waals surface area (Å²) in [4.78, 5) is 18.6. The molecule has 2 atom stereocenters. The van der Waals surface area contributed by atoms with E-state index in [0.29, 0.717) is 24.3 Å². The quantitative estimate of drug-likeness (QED) is 0.855. The molecule has 0 unspecified atom stereocenters. The first-order chi connectivity index (χ1) is 10.7. The summed E-state index contributed by atoms with van der Waals surface area (Å²) < 4.78 is 1.73. The maximum atomic E-state index is 12.0. The summed E-state index contributed by atoms with van der Waals surface area (Å²) in [5.74, 6) is 0.116. The lowest BCUT2D eigenvalue weighted by Crippen LogP contribution is -2.61. The maximum absolute atomic E-state index is 12.0. The van der Waals surface area contributed by atoms with Crippen LogP contribution in [0.4, 0.5) is 0 Å². The Labute approximate surface area is 133 Å². The second-order valence-electron chi connectivity index (χ2n) is 6.12. The average molecular weight is 320 g/mol. The van der Waals surface area contributed by atoms with E-state index in [9.17, 15) is 4.79 Å². The fourth-order valence-corrected chi connectivity index (χ4v) is 3.80. The zero-order chi connectivity index (χ0) is 15.1. The molecule has 1 amide bonds. The maximum Gasteiger partial charge on any atom is 0.234 e. The minimum atomic E-state index is 0.116. The standard InChI is InChI=1S/C15H18ClN5O/c16-13-5-6-21-15(19-13)10(7-17-21)8-20-9-14(22)18-11-3-1-2-4-12(11)20/h5-7,11-12H,1-4,8-9H2,(H,18,22)/t11-,12+/m0/s1. The zero-order valence-electron chi connectivity index (χ0n) is 12.2. The van der Waals surface area contributed by atoms with Crippen molar-refractivity contribution >= 4 is 23.2 Å². The number of amides is 1. The minimum absolute atomic E-state index is 0.116. The summed E-state index contributed by atoms with van der Waals surface area (Å²) in [6, 6.07) is 2.42. The van der Waals surface area contributed by atoms with Gasteiger partial charge in [0.25, 0.3) is 0 Å². The molecule has 1 aliphatic carbocycles. The molecule has 0 bridgehead atoms. The smallest absolute Gasteiger partial charge is 0.234 e. The number of rotatable bonds is 2. The Hall–Kier alpha value is -1.66. The van der Waals surface area contributed by atoms with Crippen LogP contribution in [0.2, 0.25) is 5.15 Å². The number of fused-ring (bicyclic) bond motifs is 2. The van der Waals surface area contributed by atoms with Crippen LogP contribution >= 0.6 is 11.6 Å². The first kappa shape index (κ1) is 14.0. The van der Waals surface area contributed by atoms with Crippen LogP contribution in [-0.4, -0.2) is 44.0 Å². The van der Waals surface area contributed by atoms with E-state index in [1.807, 2.05) is 6.20 Å². The molecule has 3 heterocycles. The van der Waals surface area contributed by atoms with E-state index >= 15 is 0 Å². The fraction of sp³-hybridized carbons (Fsp3) is 0.533. The Kier molecular flexibility index (Phi) is 3.50. The highest BCUT2D eigenvalue weighted by molar-refractivity contribution is 6.29. The summed E-state index contributed by atoms with van der Waals surface area (Å²) in [6.45, 7) is 1.13. The number of carbonyl (C=O) groups excluding carboxylic acids is 1. The molecule has 0 radical (unpaired) electrons. The van der Waals surface area contributed by atoms with E-state index in [1.54, 1.807) is 16.8 Å². The van der Waals surface area contributed by atoms with Gasteiger partial charge in [0.15, 0.2) is 5.65 Å². The molecule has 0 aromatic carbocycles. The van der Waals surface area contributed by atoms with Gasteiger partial charge in [-0.25, -0.2) is 9.50 Å². The molecule has 7 heteroatoms. The van der Waals surface area contributed by atoms with Gasteiger partial charge in [-0.15, -0.1) is 0 Å². The predicted molar refractivity (Wildman–Crippen MR) is 82.6 cm³/mol. The molecule has 0 spiro atoms. The third-order valence-electron chi connectivity index (χ3n) is 4.67. The van der Waals surface area contributed by atoms with Gasteiger partial charge in [0.1, 0.15) is 5.15 Å². The number of piperazine rings is 1. The van der Waals surface area contributed by atoms with Crippen molar-refractivity contribution < 1.29 is 4.79 Å². The molecule has 1 saturated carbocycles. The Morgan fingerprint density at radius 2 is 2.23 bits per heavy atom. The third-order valence-corrected chi connectivity index (χ3v) is 4.88. The van der Waals surface area contributed by atoms with E-state index < -0.39 is 0 Å². The van der Waals surface area contributed by atoms with Crippen molar-refractivity contribution in [1.29, 1.82) is 0 Å². The van der Waals surface area contributed by atoms with Crippen LogP contribution in [0.25, 0.3) is 5.65 Å². The van der Waals surface area contributed by atoms with Gasteiger partial charge in [-0.3, -0.25) is 9.69 Å². The molecule has 2 aliphatic rings. The van der Waals surface area contributed by atoms with Crippen molar-refractivity contribution in [3.05, 3.63) is 29.2 Å². The number of hydrogen-bond acceptors (Lipinski definition) is 4. The molecule has 1 saturated heterocycles. The van der Waals surface area contributed by atoms with Crippen molar-refractivity contribution in [1.82, 2.24) is 24.8 Å². The number of aromatic nitrogens is 3. The van der Waals surface area contributed by atoms with E-state index in [-0.39, 0.29) is 11.9 Å². The highest BCUT2D eigenvalue weighted by Crippen LogP contribution is 2.27. The number of hydrogen-bond donors (Lipinski definition) is 1. The van der Waals surface area contributed by atoms with Crippen LogP contribution in [-0.2, 0) is 11.3 Å². The third kappa shape index (κ3) is 2.46. The average Bonchev–Trinajstić information content (AvgIpc) is 2.89. The molecule has 6 nitrogen and oxygen atoms in total. The van der Waals surface area contributed by atoms with Crippen LogP contribution in [0.5, 0.6) is 0 Å². The Balaban J connectivity index is 1.62. The lowest BCUT2D eigenvalue weighted by atomic mass is 9.87. The van der Waals surface area contributed by atoms with Crippen LogP contribution in [0.1, 0.15) is 31.2 Å². The van der Waals surface area contributed by atoms with Gasteiger partial charge in [-0.05, 0) is 18.9 Å². The largest absolute Gasteiger partial charge is 0.351 e. The zero-order valence-corrected chi connectivity index (χ0v) is 13.0. The van der Waals surface area contributed by atoms with E-state index in [4.69, 9.17) is 11.6 Å². The molecule has 4 rings (SSSR count). The van der Waals surface area contributed by atoms with Crippen LogP contribution in [0, 0.1) is 0 Å². The molecular weight excluding hydrogens is 302 g/mol. The lowest BCUT2D eigenvalue weighted by molar-refractivity contribution is -0.128. The van der Waals surface area contributed by atoms with Crippen molar-refractivity contribution in [2.45, 2.75) is 44.3 Å².